The molecule has 1 atom stereocenters. The third kappa shape index (κ3) is 4.11. The van der Waals surface area contributed by atoms with Gasteiger partial charge in [0.25, 0.3) is 5.91 Å². The van der Waals surface area contributed by atoms with Gasteiger partial charge in [0.05, 0.1) is 18.7 Å². The molecule has 0 radical (unpaired) electrons. The molecule has 1 rings (SSSR count). The van der Waals surface area contributed by atoms with E-state index in [0.29, 0.717) is 16.5 Å². The molecule has 0 heterocycles. The molecule has 1 aromatic rings. The van der Waals surface area contributed by atoms with Crippen LogP contribution < -0.4 is 15.8 Å². The van der Waals surface area contributed by atoms with E-state index in [4.69, 9.17) is 22.1 Å². The number of halogens is 1. The predicted molar refractivity (Wildman–Crippen MR) is 71.2 cm³/mol. The van der Waals surface area contributed by atoms with E-state index in [1.165, 1.54) is 13.2 Å². The van der Waals surface area contributed by atoms with Gasteiger partial charge in [-0.05, 0) is 19.1 Å². The predicted octanol–water partition coefficient (Wildman–Crippen LogP) is 1.18. The zero-order valence-corrected chi connectivity index (χ0v) is 11.4. The summed E-state index contributed by atoms with van der Waals surface area (Å²) in [6, 6.07) is 3.28. The Labute approximate surface area is 115 Å². The van der Waals surface area contributed by atoms with Gasteiger partial charge in [0, 0.05) is 11.8 Å². The fourth-order valence-corrected chi connectivity index (χ4v) is 1.49. The molecule has 0 aliphatic rings. The molecule has 0 bridgehead atoms. The van der Waals surface area contributed by atoms with Crippen LogP contribution in [-0.4, -0.2) is 31.6 Å². The van der Waals surface area contributed by atoms with E-state index < -0.39 is 17.9 Å². The van der Waals surface area contributed by atoms with Crippen molar-refractivity contribution in [2.24, 2.45) is 5.73 Å². The minimum atomic E-state index is -1.37. The summed E-state index contributed by atoms with van der Waals surface area (Å²) in [6.45, 7) is 1.79. The number of amides is 1. The van der Waals surface area contributed by atoms with Crippen molar-refractivity contribution in [1.29, 1.82) is 0 Å². The minimum absolute atomic E-state index is 0.161. The first-order valence-electron chi connectivity index (χ1n) is 5.56. The Kier molecular flexibility index (Phi) is 5.59. The summed E-state index contributed by atoms with van der Waals surface area (Å²) in [7, 11) is 1.46. The average Bonchev–Trinajstić information content (AvgIpc) is 2.40. The number of ether oxygens (including phenoxy) is 2. The number of rotatable bonds is 5. The molecular formula is C12H15ClN2O4. The Hall–Kier alpha value is -1.79. The van der Waals surface area contributed by atoms with Gasteiger partial charge in [-0.25, -0.2) is 4.79 Å². The van der Waals surface area contributed by atoms with Gasteiger partial charge in [0.1, 0.15) is 5.75 Å². The molecule has 0 spiro atoms. The van der Waals surface area contributed by atoms with Crippen LogP contribution in [0.3, 0.4) is 0 Å². The van der Waals surface area contributed by atoms with Gasteiger partial charge in [-0.15, -0.1) is 0 Å². The summed E-state index contributed by atoms with van der Waals surface area (Å²) in [6.07, 6.45) is 0. The number of hydrogen-bond donors (Lipinski definition) is 2. The Morgan fingerprint density at radius 1 is 1.47 bits per heavy atom. The SMILES string of the molecule is CCOC(=O)C(N)C(=O)Nc1ccc(Cl)c(OC)c1. The zero-order chi connectivity index (χ0) is 14.4. The molecule has 1 aromatic carbocycles. The Morgan fingerprint density at radius 2 is 2.16 bits per heavy atom. The number of methoxy groups -OCH3 is 1. The second-order valence-corrected chi connectivity index (χ2v) is 3.98. The third-order valence-electron chi connectivity index (χ3n) is 2.24. The maximum absolute atomic E-state index is 11.7. The standard InChI is InChI=1S/C12H15ClN2O4/c1-3-19-12(17)10(14)11(16)15-7-4-5-8(13)9(6-7)18-2/h4-6,10H,3,14H2,1-2H3,(H,15,16). The van der Waals surface area contributed by atoms with Gasteiger partial charge in [-0.2, -0.15) is 0 Å². The lowest BCUT2D eigenvalue weighted by atomic mass is 10.2. The normalized spacial score (nSPS) is 11.6. The molecule has 0 aromatic heterocycles. The van der Waals surface area contributed by atoms with E-state index in [1.807, 2.05) is 0 Å². The maximum atomic E-state index is 11.7. The highest BCUT2D eigenvalue weighted by Crippen LogP contribution is 2.27. The van der Waals surface area contributed by atoms with Crippen molar-refractivity contribution in [3.8, 4) is 5.75 Å². The fraction of sp³-hybridized carbons (Fsp3) is 0.333. The topological polar surface area (TPSA) is 90.7 Å². The van der Waals surface area contributed by atoms with Crippen LogP contribution in [0.4, 0.5) is 5.69 Å². The molecule has 6 nitrogen and oxygen atoms in total. The average molecular weight is 287 g/mol. The van der Waals surface area contributed by atoms with Gasteiger partial charge in [-0.3, -0.25) is 4.79 Å². The number of benzene rings is 1. The highest BCUT2D eigenvalue weighted by molar-refractivity contribution is 6.32. The van der Waals surface area contributed by atoms with Crippen molar-refractivity contribution in [1.82, 2.24) is 0 Å². The molecule has 3 N–H and O–H groups in total. The smallest absolute Gasteiger partial charge is 0.332 e. The first-order chi connectivity index (χ1) is 8.99. The number of carbonyl (C=O) groups is 2. The lowest BCUT2D eigenvalue weighted by Crippen LogP contribution is -2.43. The Bertz CT molecular complexity index is 479. The summed E-state index contributed by atoms with van der Waals surface area (Å²) in [5, 5.41) is 2.89. The molecule has 104 valence electrons. The van der Waals surface area contributed by atoms with E-state index in [1.54, 1.807) is 19.1 Å². The molecule has 0 saturated carbocycles. The first-order valence-corrected chi connectivity index (χ1v) is 5.94. The van der Waals surface area contributed by atoms with Crippen molar-refractivity contribution in [3.63, 3.8) is 0 Å². The summed E-state index contributed by atoms with van der Waals surface area (Å²) < 4.78 is 9.66. The van der Waals surface area contributed by atoms with Crippen molar-refractivity contribution in [2.45, 2.75) is 13.0 Å². The molecule has 0 aliphatic heterocycles. The van der Waals surface area contributed by atoms with Crippen molar-refractivity contribution in [3.05, 3.63) is 23.2 Å². The van der Waals surface area contributed by atoms with E-state index in [0.717, 1.165) is 0 Å². The number of esters is 1. The number of nitrogens with two attached hydrogens (primary N) is 1. The quantitative estimate of drug-likeness (QED) is 0.626. The van der Waals surface area contributed by atoms with Crippen LogP contribution in [0.1, 0.15) is 6.92 Å². The second-order valence-electron chi connectivity index (χ2n) is 3.57. The van der Waals surface area contributed by atoms with E-state index in [2.05, 4.69) is 10.1 Å². The van der Waals surface area contributed by atoms with Gasteiger partial charge in [0.2, 0.25) is 0 Å². The largest absolute Gasteiger partial charge is 0.495 e. The van der Waals surface area contributed by atoms with Crippen LogP contribution >= 0.6 is 11.6 Å². The fourth-order valence-electron chi connectivity index (χ4n) is 1.30. The maximum Gasteiger partial charge on any atom is 0.332 e. The number of carbonyl (C=O) groups excluding carboxylic acids is 2. The number of nitrogens with one attached hydrogen (secondary N) is 1. The highest BCUT2D eigenvalue weighted by Gasteiger charge is 2.23. The van der Waals surface area contributed by atoms with Gasteiger partial charge >= 0.3 is 5.97 Å². The van der Waals surface area contributed by atoms with Crippen molar-refractivity contribution >= 4 is 29.2 Å². The molecule has 0 aliphatic carbocycles. The zero-order valence-electron chi connectivity index (χ0n) is 10.6. The Balaban J connectivity index is 2.74. The van der Waals surface area contributed by atoms with Crippen LogP contribution in [0.5, 0.6) is 5.75 Å². The molecule has 7 heteroatoms. The second kappa shape index (κ2) is 6.96. The lowest BCUT2D eigenvalue weighted by molar-refractivity contribution is -0.146. The molecular weight excluding hydrogens is 272 g/mol. The highest BCUT2D eigenvalue weighted by atomic mass is 35.5. The van der Waals surface area contributed by atoms with Crippen LogP contribution in [0, 0.1) is 0 Å². The minimum Gasteiger partial charge on any atom is -0.495 e. The van der Waals surface area contributed by atoms with Crippen LogP contribution in [0.25, 0.3) is 0 Å². The summed E-state index contributed by atoms with van der Waals surface area (Å²) in [4.78, 5) is 23.0. The van der Waals surface area contributed by atoms with Crippen LogP contribution in [-0.2, 0) is 14.3 Å². The molecule has 0 saturated heterocycles. The van der Waals surface area contributed by atoms with Crippen molar-refractivity contribution < 1.29 is 19.1 Å². The van der Waals surface area contributed by atoms with Gasteiger partial charge in [0.15, 0.2) is 6.04 Å². The Morgan fingerprint density at radius 3 is 2.74 bits per heavy atom. The summed E-state index contributed by atoms with van der Waals surface area (Å²) in [5.74, 6) is -1.03. The molecule has 0 fully saturated rings. The van der Waals surface area contributed by atoms with Gasteiger partial charge < -0.3 is 20.5 Å². The monoisotopic (exact) mass is 286 g/mol. The van der Waals surface area contributed by atoms with Crippen LogP contribution in [0.15, 0.2) is 18.2 Å². The van der Waals surface area contributed by atoms with Gasteiger partial charge in [-0.1, -0.05) is 11.6 Å². The first kappa shape index (κ1) is 15.3. The van der Waals surface area contributed by atoms with Crippen LogP contribution in [0.2, 0.25) is 5.02 Å². The third-order valence-corrected chi connectivity index (χ3v) is 2.55. The number of anilines is 1. The summed E-state index contributed by atoms with van der Waals surface area (Å²) >= 11 is 5.85. The molecule has 19 heavy (non-hydrogen) atoms. The van der Waals surface area contributed by atoms with E-state index in [-0.39, 0.29) is 6.61 Å². The molecule has 1 amide bonds. The van der Waals surface area contributed by atoms with Crippen molar-refractivity contribution in [2.75, 3.05) is 19.0 Å². The number of hydrogen-bond acceptors (Lipinski definition) is 5. The van der Waals surface area contributed by atoms with E-state index >= 15 is 0 Å². The van der Waals surface area contributed by atoms with E-state index in [9.17, 15) is 9.59 Å². The summed E-state index contributed by atoms with van der Waals surface area (Å²) in [5.41, 5.74) is 5.87. The molecule has 1 unspecified atom stereocenters. The lowest BCUT2D eigenvalue weighted by Gasteiger charge is -2.12.